The fourth-order valence-corrected chi connectivity index (χ4v) is 1.42. The maximum absolute atomic E-state index is 13.1. The number of hydrogen-bond donors (Lipinski definition) is 1. The summed E-state index contributed by atoms with van der Waals surface area (Å²) in [5.74, 6) is -1.90. The summed E-state index contributed by atoms with van der Waals surface area (Å²) < 4.78 is 17.5. The molecule has 7 heteroatoms. The quantitative estimate of drug-likeness (QED) is 0.682. The monoisotopic (exact) mass is 293 g/mol. The minimum Gasteiger partial charge on any atom is -0.468 e. The summed E-state index contributed by atoms with van der Waals surface area (Å²) in [6.07, 6.45) is 0. The van der Waals surface area contributed by atoms with Crippen molar-refractivity contribution in [2.75, 3.05) is 13.7 Å². The third-order valence-electron chi connectivity index (χ3n) is 2.08. The van der Waals surface area contributed by atoms with Crippen molar-refractivity contribution >= 4 is 35.1 Å². The first-order chi connectivity index (χ1) is 8.45. The zero-order chi connectivity index (χ0) is 13.7. The highest BCUT2D eigenvalue weighted by Gasteiger charge is 2.17. The van der Waals surface area contributed by atoms with Crippen LogP contribution in [0.15, 0.2) is 18.2 Å². The third kappa shape index (κ3) is 3.85. The number of nitrogens with one attached hydrogen (secondary N) is 1. The molecule has 0 saturated heterocycles. The molecule has 1 unspecified atom stereocenters. The van der Waals surface area contributed by atoms with Crippen LogP contribution in [0.1, 0.15) is 10.4 Å². The number of hydrogen-bond acceptors (Lipinski definition) is 3. The topological polar surface area (TPSA) is 55.4 Å². The lowest BCUT2D eigenvalue weighted by molar-refractivity contribution is -0.140. The summed E-state index contributed by atoms with van der Waals surface area (Å²) in [5.41, 5.74) is 0.0885. The molecule has 18 heavy (non-hydrogen) atoms. The van der Waals surface area contributed by atoms with Gasteiger partial charge in [-0.15, -0.1) is 11.6 Å². The lowest BCUT2D eigenvalue weighted by Crippen LogP contribution is -2.34. The van der Waals surface area contributed by atoms with Gasteiger partial charge in [0.2, 0.25) is 0 Å². The van der Waals surface area contributed by atoms with Crippen molar-refractivity contribution in [2.24, 2.45) is 0 Å². The average Bonchev–Trinajstić information content (AvgIpc) is 2.37. The lowest BCUT2D eigenvalue weighted by Gasteiger charge is -2.09. The molecule has 0 fully saturated rings. The second kappa shape index (κ2) is 6.56. The third-order valence-corrected chi connectivity index (χ3v) is 2.72. The van der Waals surface area contributed by atoms with Crippen LogP contribution in [0.5, 0.6) is 0 Å². The van der Waals surface area contributed by atoms with Gasteiger partial charge >= 0.3 is 5.97 Å². The summed E-state index contributed by atoms with van der Waals surface area (Å²) in [6, 6.07) is 3.63. The van der Waals surface area contributed by atoms with Crippen molar-refractivity contribution < 1.29 is 18.7 Å². The minimum absolute atomic E-state index is 0.0728. The van der Waals surface area contributed by atoms with E-state index in [1.807, 2.05) is 0 Å². The predicted octanol–water partition coefficient (Wildman–Crippen LogP) is 1.99. The van der Waals surface area contributed by atoms with Gasteiger partial charge < -0.3 is 10.1 Å². The van der Waals surface area contributed by atoms with Crippen LogP contribution >= 0.6 is 23.2 Å². The van der Waals surface area contributed by atoms with Crippen LogP contribution in [0.3, 0.4) is 0 Å². The van der Waals surface area contributed by atoms with E-state index >= 15 is 0 Å². The predicted molar refractivity (Wildman–Crippen MR) is 65.4 cm³/mol. The smallest absolute Gasteiger partial charge is 0.325 e. The van der Waals surface area contributed by atoms with Crippen molar-refractivity contribution in [2.45, 2.75) is 5.38 Å². The first-order valence-electron chi connectivity index (χ1n) is 4.91. The Morgan fingerprint density at radius 3 is 2.72 bits per heavy atom. The van der Waals surface area contributed by atoms with Gasteiger partial charge in [0.25, 0.3) is 5.91 Å². The number of rotatable bonds is 4. The Balaban J connectivity index is 2.60. The average molecular weight is 294 g/mol. The summed E-state index contributed by atoms with van der Waals surface area (Å²) in [7, 11) is 1.19. The van der Waals surface area contributed by atoms with Gasteiger partial charge in [0.1, 0.15) is 11.2 Å². The van der Waals surface area contributed by atoms with Gasteiger partial charge in [-0.25, -0.2) is 4.39 Å². The molecule has 0 saturated carbocycles. The molecule has 1 aromatic carbocycles. The van der Waals surface area contributed by atoms with Gasteiger partial charge in [-0.2, -0.15) is 0 Å². The highest BCUT2D eigenvalue weighted by molar-refractivity contribution is 6.31. The molecule has 1 N–H and O–H groups in total. The van der Waals surface area contributed by atoms with Gasteiger partial charge in [-0.3, -0.25) is 9.59 Å². The van der Waals surface area contributed by atoms with E-state index in [1.54, 1.807) is 0 Å². The van der Waals surface area contributed by atoms with Crippen molar-refractivity contribution in [3.63, 3.8) is 0 Å². The Kier molecular flexibility index (Phi) is 5.37. The van der Waals surface area contributed by atoms with E-state index in [0.717, 1.165) is 6.07 Å². The van der Waals surface area contributed by atoms with Gasteiger partial charge in [0, 0.05) is 12.1 Å². The molecular formula is C11H10Cl2FNO3. The van der Waals surface area contributed by atoms with Crippen LogP contribution in [0.25, 0.3) is 0 Å². The van der Waals surface area contributed by atoms with E-state index in [0.29, 0.717) is 0 Å². The molecule has 0 aliphatic heterocycles. The zero-order valence-electron chi connectivity index (χ0n) is 9.38. The highest BCUT2D eigenvalue weighted by atomic mass is 35.5. The molecule has 0 bridgehead atoms. The van der Waals surface area contributed by atoms with E-state index in [2.05, 4.69) is 10.1 Å². The van der Waals surface area contributed by atoms with Crippen molar-refractivity contribution in [1.29, 1.82) is 0 Å². The fraction of sp³-hybridized carbons (Fsp3) is 0.273. The van der Waals surface area contributed by atoms with Crippen LogP contribution in [0.2, 0.25) is 5.02 Å². The minimum atomic E-state index is -0.990. The Labute approximate surface area is 113 Å². The Bertz CT molecular complexity index is 468. The molecule has 1 amide bonds. The lowest BCUT2D eigenvalue weighted by atomic mass is 10.2. The van der Waals surface area contributed by atoms with Crippen molar-refractivity contribution in [3.05, 3.63) is 34.6 Å². The van der Waals surface area contributed by atoms with E-state index in [4.69, 9.17) is 23.2 Å². The number of halogens is 3. The van der Waals surface area contributed by atoms with E-state index in [9.17, 15) is 14.0 Å². The molecule has 0 aliphatic rings. The number of carbonyl (C=O) groups is 2. The normalized spacial score (nSPS) is 11.8. The van der Waals surface area contributed by atoms with E-state index in [1.165, 1.54) is 19.2 Å². The molecule has 1 atom stereocenters. The zero-order valence-corrected chi connectivity index (χ0v) is 10.9. The van der Waals surface area contributed by atoms with Crippen molar-refractivity contribution in [1.82, 2.24) is 5.32 Å². The molecule has 4 nitrogen and oxygen atoms in total. The molecule has 0 heterocycles. The molecule has 98 valence electrons. The SMILES string of the molecule is COC(=O)C(Cl)CNC(=O)c1ccc(Cl)c(F)c1. The molecular weight excluding hydrogens is 284 g/mol. The van der Waals surface area contributed by atoms with Gasteiger partial charge in [0.15, 0.2) is 0 Å². The van der Waals surface area contributed by atoms with E-state index < -0.39 is 23.1 Å². The summed E-state index contributed by atoms with van der Waals surface area (Å²) in [6.45, 7) is -0.114. The van der Waals surface area contributed by atoms with Gasteiger partial charge in [0.05, 0.1) is 12.1 Å². The number of carbonyl (C=O) groups excluding carboxylic acids is 2. The van der Waals surface area contributed by atoms with Crippen LogP contribution in [-0.4, -0.2) is 30.9 Å². The standard InChI is InChI=1S/C11H10Cl2FNO3/c1-18-11(17)8(13)5-15-10(16)6-2-3-7(12)9(14)4-6/h2-4,8H,5H2,1H3,(H,15,16). The van der Waals surface area contributed by atoms with Gasteiger partial charge in [-0.05, 0) is 18.2 Å². The number of ether oxygens (including phenoxy) is 1. The summed E-state index contributed by atoms with van der Waals surface area (Å²) >= 11 is 11.1. The second-order valence-electron chi connectivity index (χ2n) is 3.33. The summed E-state index contributed by atoms with van der Waals surface area (Å²) in [4.78, 5) is 22.6. The summed E-state index contributed by atoms with van der Waals surface area (Å²) in [5, 5.41) is 1.32. The first-order valence-corrected chi connectivity index (χ1v) is 5.72. The van der Waals surface area contributed by atoms with Crippen LogP contribution in [0, 0.1) is 5.82 Å². The largest absolute Gasteiger partial charge is 0.468 e. The molecule has 1 rings (SSSR count). The molecule has 0 aliphatic carbocycles. The Morgan fingerprint density at radius 2 is 2.17 bits per heavy atom. The first kappa shape index (κ1) is 14.7. The van der Waals surface area contributed by atoms with Crippen LogP contribution in [-0.2, 0) is 9.53 Å². The maximum Gasteiger partial charge on any atom is 0.325 e. The van der Waals surface area contributed by atoms with Crippen molar-refractivity contribution in [3.8, 4) is 0 Å². The maximum atomic E-state index is 13.1. The fourth-order valence-electron chi connectivity index (χ4n) is 1.13. The molecule has 0 aromatic heterocycles. The number of amides is 1. The highest BCUT2D eigenvalue weighted by Crippen LogP contribution is 2.15. The Hall–Kier alpha value is -1.33. The second-order valence-corrected chi connectivity index (χ2v) is 4.26. The molecule has 1 aromatic rings. The van der Waals surface area contributed by atoms with Gasteiger partial charge in [-0.1, -0.05) is 11.6 Å². The molecule has 0 radical (unpaired) electrons. The molecule has 0 spiro atoms. The number of benzene rings is 1. The number of methoxy groups -OCH3 is 1. The number of esters is 1. The van der Waals surface area contributed by atoms with E-state index in [-0.39, 0.29) is 17.1 Å². The number of alkyl halides is 1. The van der Waals surface area contributed by atoms with Crippen LogP contribution in [0.4, 0.5) is 4.39 Å². The Morgan fingerprint density at radius 1 is 1.50 bits per heavy atom. The van der Waals surface area contributed by atoms with Crippen LogP contribution < -0.4 is 5.32 Å².